The van der Waals surface area contributed by atoms with Gasteiger partial charge in [0.15, 0.2) is 0 Å². The molecular weight excluding hydrogens is 362 g/mol. The number of anilines is 1. The highest BCUT2D eigenvalue weighted by atomic mass is 32.2. The number of carbonyl (C=O) groups excluding carboxylic acids is 1. The molecule has 0 fully saturated rings. The molecule has 0 bridgehead atoms. The minimum absolute atomic E-state index is 0.0433. The topological polar surface area (TPSA) is 92.5 Å². The Morgan fingerprint density at radius 3 is 2.26 bits per heavy atom. The van der Waals surface area contributed by atoms with E-state index in [1.54, 1.807) is 24.1 Å². The molecule has 2 amide bonds. The van der Waals surface area contributed by atoms with Crippen LogP contribution in [-0.4, -0.2) is 26.4 Å². The molecule has 27 heavy (non-hydrogen) atoms. The quantitative estimate of drug-likeness (QED) is 0.719. The molecule has 140 valence electrons. The van der Waals surface area contributed by atoms with Gasteiger partial charge >= 0.3 is 6.03 Å². The van der Waals surface area contributed by atoms with Gasteiger partial charge in [-0.2, -0.15) is 0 Å². The number of benzene rings is 3. The number of nitrogens with two attached hydrogens (primary N) is 1. The van der Waals surface area contributed by atoms with Gasteiger partial charge in [-0.1, -0.05) is 42.5 Å². The van der Waals surface area contributed by atoms with Gasteiger partial charge in [-0.15, -0.1) is 0 Å². The fraction of sp³-hybridized carbons (Fsp3) is 0.150. The third-order valence-electron chi connectivity index (χ3n) is 4.59. The normalized spacial score (nSPS) is 12.6. The van der Waals surface area contributed by atoms with Crippen LogP contribution in [0.3, 0.4) is 0 Å². The average molecular weight is 383 g/mol. The zero-order valence-corrected chi connectivity index (χ0v) is 15.9. The molecule has 3 aromatic rings. The van der Waals surface area contributed by atoms with E-state index in [2.05, 4.69) is 5.32 Å². The molecule has 0 aromatic heterocycles. The molecule has 3 N–H and O–H groups in total. The average Bonchev–Trinajstić information content (AvgIpc) is 2.66. The number of hydrogen-bond acceptors (Lipinski definition) is 3. The lowest BCUT2D eigenvalue weighted by Gasteiger charge is -2.25. The minimum atomic E-state index is -3.73. The number of sulfonamides is 1. The highest BCUT2D eigenvalue weighted by Gasteiger charge is 2.18. The first-order chi connectivity index (χ1) is 12.8. The Labute approximate surface area is 158 Å². The third-order valence-corrected chi connectivity index (χ3v) is 5.52. The number of nitrogens with one attached hydrogen (secondary N) is 1. The van der Waals surface area contributed by atoms with Crippen LogP contribution in [0, 0.1) is 0 Å². The van der Waals surface area contributed by atoms with E-state index in [1.807, 2.05) is 49.4 Å². The summed E-state index contributed by atoms with van der Waals surface area (Å²) < 4.78 is 22.7. The Morgan fingerprint density at radius 1 is 1.00 bits per heavy atom. The monoisotopic (exact) mass is 383 g/mol. The standard InChI is InChI=1S/C20H21N3O3S/c1-14(15-8-11-19(12-9-15)27(21,25)26)23(2)20(24)22-18-10-7-16-5-3-4-6-17(16)13-18/h3-14H,1-2H3,(H,22,24)(H2,21,25,26). The fourth-order valence-electron chi connectivity index (χ4n) is 2.81. The molecular formula is C20H21N3O3S. The van der Waals surface area contributed by atoms with Crippen molar-refractivity contribution in [1.29, 1.82) is 0 Å². The Kier molecular flexibility index (Phi) is 5.16. The summed E-state index contributed by atoms with van der Waals surface area (Å²) in [7, 11) is -2.04. The molecule has 6 nitrogen and oxygen atoms in total. The van der Waals surface area contributed by atoms with Crippen molar-refractivity contribution in [3.05, 3.63) is 72.3 Å². The van der Waals surface area contributed by atoms with E-state index in [9.17, 15) is 13.2 Å². The van der Waals surface area contributed by atoms with Crippen molar-refractivity contribution in [3.8, 4) is 0 Å². The van der Waals surface area contributed by atoms with E-state index in [0.717, 1.165) is 16.3 Å². The molecule has 0 aliphatic heterocycles. The Morgan fingerprint density at radius 2 is 1.63 bits per heavy atom. The van der Waals surface area contributed by atoms with Gasteiger partial charge in [-0.25, -0.2) is 18.4 Å². The highest BCUT2D eigenvalue weighted by molar-refractivity contribution is 7.89. The molecule has 0 saturated carbocycles. The lowest BCUT2D eigenvalue weighted by atomic mass is 10.1. The van der Waals surface area contributed by atoms with E-state index in [4.69, 9.17) is 5.14 Å². The van der Waals surface area contributed by atoms with Crippen molar-refractivity contribution < 1.29 is 13.2 Å². The Balaban J connectivity index is 1.73. The number of urea groups is 1. The molecule has 0 radical (unpaired) electrons. The second-order valence-electron chi connectivity index (χ2n) is 6.39. The summed E-state index contributed by atoms with van der Waals surface area (Å²) in [5, 5.41) is 10.2. The van der Waals surface area contributed by atoms with Crippen LogP contribution < -0.4 is 10.5 Å². The first kappa shape index (κ1) is 18.9. The molecule has 0 saturated heterocycles. The molecule has 1 unspecified atom stereocenters. The molecule has 1 atom stereocenters. The summed E-state index contributed by atoms with van der Waals surface area (Å²) in [4.78, 5) is 14.2. The van der Waals surface area contributed by atoms with Crippen molar-refractivity contribution in [3.63, 3.8) is 0 Å². The van der Waals surface area contributed by atoms with E-state index in [1.165, 1.54) is 12.1 Å². The first-order valence-electron chi connectivity index (χ1n) is 8.41. The maximum absolute atomic E-state index is 12.6. The summed E-state index contributed by atoms with van der Waals surface area (Å²) in [6, 6.07) is 19.4. The van der Waals surface area contributed by atoms with Crippen molar-refractivity contribution >= 4 is 32.5 Å². The number of hydrogen-bond donors (Lipinski definition) is 2. The van der Waals surface area contributed by atoms with E-state index in [-0.39, 0.29) is 17.0 Å². The maximum atomic E-state index is 12.6. The van der Waals surface area contributed by atoms with Gasteiger partial charge in [0, 0.05) is 12.7 Å². The third kappa shape index (κ3) is 4.27. The fourth-order valence-corrected chi connectivity index (χ4v) is 3.33. The van der Waals surface area contributed by atoms with Gasteiger partial charge in [-0.3, -0.25) is 0 Å². The first-order valence-corrected chi connectivity index (χ1v) is 9.96. The molecule has 0 aliphatic rings. The molecule has 0 heterocycles. The summed E-state index contributed by atoms with van der Waals surface area (Å²) in [6.07, 6.45) is 0. The van der Waals surface area contributed by atoms with Gasteiger partial charge in [-0.05, 0) is 47.5 Å². The number of fused-ring (bicyclic) bond motifs is 1. The second kappa shape index (κ2) is 7.38. The van der Waals surface area contributed by atoms with E-state index < -0.39 is 10.0 Å². The van der Waals surface area contributed by atoms with Crippen LogP contribution >= 0.6 is 0 Å². The van der Waals surface area contributed by atoms with Crippen molar-refractivity contribution in [2.75, 3.05) is 12.4 Å². The largest absolute Gasteiger partial charge is 0.322 e. The number of carbonyl (C=O) groups is 1. The molecule has 7 heteroatoms. The minimum Gasteiger partial charge on any atom is -0.321 e. The van der Waals surface area contributed by atoms with Crippen molar-refractivity contribution in [1.82, 2.24) is 4.90 Å². The molecule has 3 aromatic carbocycles. The SMILES string of the molecule is CC(c1ccc(S(N)(=O)=O)cc1)N(C)C(=O)Nc1ccc2ccccc2c1. The number of nitrogens with zero attached hydrogens (tertiary/aromatic N) is 1. The molecule has 0 spiro atoms. The van der Waals surface area contributed by atoms with Gasteiger partial charge < -0.3 is 10.2 Å². The predicted octanol–water partition coefficient (Wildman–Crippen LogP) is 3.71. The van der Waals surface area contributed by atoms with Crippen LogP contribution in [0.15, 0.2) is 71.6 Å². The number of rotatable bonds is 4. The zero-order chi connectivity index (χ0) is 19.6. The van der Waals surface area contributed by atoms with Crippen molar-refractivity contribution in [2.45, 2.75) is 17.9 Å². The Hall–Kier alpha value is -2.90. The van der Waals surface area contributed by atoms with E-state index >= 15 is 0 Å². The van der Waals surface area contributed by atoms with E-state index in [0.29, 0.717) is 5.69 Å². The summed E-state index contributed by atoms with van der Waals surface area (Å²) >= 11 is 0. The van der Waals surface area contributed by atoms with Gasteiger partial charge in [0.1, 0.15) is 0 Å². The van der Waals surface area contributed by atoms with Gasteiger partial charge in [0.25, 0.3) is 0 Å². The highest BCUT2D eigenvalue weighted by Crippen LogP contribution is 2.23. The lowest BCUT2D eigenvalue weighted by molar-refractivity contribution is 0.208. The smallest absolute Gasteiger partial charge is 0.321 e. The summed E-state index contributed by atoms with van der Waals surface area (Å²) in [5.74, 6) is 0. The van der Waals surface area contributed by atoms with Crippen LogP contribution in [0.4, 0.5) is 10.5 Å². The predicted molar refractivity (Wildman–Crippen MR) is 107 cm³/mol. The van der Waals surface area contributed by atoms with Crippen LogP contribution in [0.5, 0.6) is 0 Å². The number of primary sulfonamides is 1. The second-order valence-corrected chi connectivity index (χ2v) is 7.95. The van der Waals surface area contributed by atoms with Gasteiger partial charge in [0.05, 0.1) is 10.9 Å². The number of amides is 2. The van der Waals surface area contributed by atoms with Crippen molar-refractivity contribution in [2.24, 2.45) is 5.14 Å². The Bertz CT molecular complexity index is 1080. The molecule has 0 aliphatic carbocycles. The summed E-state index contributed by atoms with van der Waals surface area (Å²) in [6.45, 7) is 1.87. The van der Waals surface area contributed by atoms with Crippen LogP contribution in [0.1, 0.15) is 18.5 Å². The maximum Gasteiger partial charge on any atom is 0.322 e. The zero-order valence-electron chi connectivity index (χ0n) is 15.1. The summed E-state index contributed by atoms with van der Waals surface area (Å²) in [5.41, 5.74) is 1.51. The molecule has 3 rings (SSSR count). The van der Waals surface area contributed by atoms with Crippen LogP contribution in [-0.2, 0) is 10.0 Å². The van der Waals surface area contributed by atoms with Gasteiger partial charge in [0.2, 0.25) is 10.0 Å². The lowest BCUT2D eigenvalue weighted by Crippen LogP contribution is -2.33. The van der Waals surface area contributed by atoms with Crippen LogP contribution in [0.25, 0.3) is 10.8 Å². The van der Waals surface area contributed by atoms with Crippen LogP contribution in [0.2, 0.25) is 0 Å².